The van der Waals surface area contributed by atoms with Gasteiger partial charge >= 0.3 is 6.03 Å². The Hall–Kier alpha value is -3.28. The summed E-state index contributed by atoms with van der Waals surface area (Å²) in [4.78, 5) is 12.2. The Bertz CT molecular complexity index is 827. The number of hydrogen-bond acceptors (Lipinski definition) is 3. The van der Waals surface area contributed by atoms with Crippen LogP contribution in [0.1, 0.15) is 5.69 Å². The average molecular weight is 321 g/mol. The molecule has 0 saturated heterocycles. The second kappa shape index (κ2) is 6.87. The normalized spacial score (nSPS) is 10.2. The first kappa shape index (κ1) is 15.6. The van der Waals surface area contributed by atoms with Crippen molar-refractivity contribution in [1.29, 1.82) is 0 Å². The predicted octanol–water partition coefficient (Wildman–Crippen LogP) is 3.54. The number of nitrogens with one attached hydrogen (secondary N) is 3. The van der Waals surface area contributed by atoms with Crippen molar-refractivity contribution in [3.05, 3.63) is 66.4 Å². The number of carbonyl (C=O) groups excluding carboxylic acids is 1. The van der Waals surface area contributed by atoms with Crippen molar-refractivity contribution in [3.63, 3.8) is 0 Å². The first-order valence-electron chi connectivity index (χ1n) is 7.62. The summed E-state index contributed by atoms with van der Waals surface area (Å²) in [7, 11) is 1.81. The molecule has 2 aromatic carbocycles. The Balaban J connectivity index is 1.76. The molecule has 0 spiro atoms. The molecule has 6 nitrogen and oxygen atoms in total. The zero-order chi connectivity index (χ0) is 16.9. The van der Waals surface area contributed by atoms with E-state index >= 15 is 0 Å². The van der Waals surface area contributed by atoms with E-state index in [1.165, 1.54) is 0 Å². The number of amides is 2. The Morgan fingerprint density at radius 3 is 2.29 bits per heavy atom. The monoisotopic (exact) mass is 321 g/mol. The molecule has 0 aliphatic carbocycles. The van der Waals surface area contributed by atoms with Gasteiger partial charge in [0.1, 0.15) is 5.82 Å². The van der Waals surface area contributed by atoms with Crippen LogP contribution >= 0.6 is 0 Å². The molecule has 0 unspecified atom stereocenters. The number of carbonyl (C=O) groups is 1. The highest BCUT2D eigenvalue weighted by molar-refractivity contribution is 5.94. The minimum absolute atomic E-state index is 0.362. The average Bonchev–Trinajstić information content (AvgIpc) is 2.88. The minimum atomic E-state index is -0.362. The molecule has 3 rings (SSSR count). The summed E-state index contributed by atoms with van der Waals surface area (Å²) in [6.07, 6.45) is 0. The van der Waals surface area contributed by atoms with E-state index in [0.29, 0.717) is 5.82 Å². The van der Waals surface area contributed by atoms with Gasteiger partial charge in [0.15, 0.2) is 0 Å². The van der Waals surface area contributed by atoms with Crippen LogP contribution < -0.4 is 16.2 Å². The molecule has 0 aliphatic rings. The number of nitrogens with zero attached hydrogens (tertiary/aromatic N) is 2. The van der Waals surface area contributed by atoms with Gasteiger partial charge in [-0.1, -0.05) is 48.5 Å². The van der Waals surface area contributed by atoms with E-state index in [1.807, 2.05) is 67.6 Å². The lowest BCUT2D eigenvalue weighted by atomic mass is 10.1. The highest BCUT2D eigenvalue weighted by Gasteiger charge is 2.17. The molecular weight excluding hydrogens is 302 g/mol. The van der Waals surface area contributed by atoms with Gasteiger partial charge in [-0.05, 0) is 24.6 Å². The van der Waals surface area contributed by atoms with Crippen LogP contribution in [0.5, 0.6) is 0 Å². The van der Waals surface area contributed by atoms with E-state index in [1.54, 1.807) is 11.7 Å². The maximum absolute atomic E-state index is 12.2. The fourth-order valence-electron chi connectivity index (χ4n) is 2.54. The molecule has 1 heterocycles. The largest absolute Gasteiger partial charge is 0.339 e. The number of rotatable bonds is 4. The lowest BCUT2D eigenvalue weighted by Gasteiger charge is -2.12. The smallest absolute Gasteiger partial charge is 0.297 e. The highest BCUT2D eigenvalue weighted by atomic mass is 16.2. The van der Waals surface area contributed by atoms with Crippen LogP contribution in [0.2, 0.25) is 0 Å². The van der Waals surface area contributed by atoms with Crippen molar-refractivity contribution in [3.8, 4) is 11.1 Å². The van der Waals surface area contributed by atoms with E-state index in [0.717, 1.165) is 22.5 Å². The molecule has 3 N–H and O–H groups in total. The van der Waals surface area contributed by atoms with Crippen LogP contribution in [-0.2, 0) is 7.05 Å². The molecule has 0 atom stereocenters. The summed E-state index contributed by atoms with van der Waals surface area (Å²) < 4.78 is 1.67. The Morgan fingerprint density at radius 1 is 1.00 bits per heavy atom. The van der Waals surface area contributed by atoms with Crippen molar-refractivity contribution in [2.24, 2.45) is 7.05 Å². The number of benzene rings is 2. The summed E-state index contributed by atoms with van der Waals surface area (Å²) in [6.45, 7) is 1.92. The molecular formula is C18H19N5O. The predicted molar refractivity (Wildman–Crippen MR) is 95.6 cm³/mol. The number of aromatic nitrogens is 2. The Kier molecular flexibility index (Phi) is 4.47. The number of anilines is 2. The molecule has 0 fully saturated rings. The number of para-hydroxylation sites is 1. The van der Waals surface area contributed by atoms with Gasteiger partial charge in [0.2, 0.25) is 0 Å². The van der Waals surface area contributed by atoms with Crippen LogP contribution in [0.4, 0.5) is 16.3 Å². The summed E-state index contributed by atoms with van der Waals surface area (Å²) in [5.41, 5.74) is 9.06. The first-order chi connectivity index (χ1) is 11.6. The summed E-state index contributed by atoms with van der Waals surface area (Å²) >= 11 is 0. The van der Waals surface area contributed by atoms with Gasteiger partial charge in [-0.25, -0.2) is 4.79 Å². The number of urea groups is 1. The molecule has 0 bridgehead atoms. The minimum Gasteiger partial charge on any atom is -0.297 e. The van der Waals surface area contributed by atoms with E-state index in [2.05, 4.69) is 21.3 Å². The van der Waals surface area contributed by atoms with Crippen molar-refractivity contribution < 1.29 is 4.79 Å². The third kappa shape index (κ3) is 3.38. The second-order valence-corrected chi connectivity index (χ2v) is 5.37. The van der Waals surface area contributed by atoms with Crippen LogP contribution in [0.25, 0.3) is 11.1 Å². The van der Waals surface area contributed by atoms with Gasteiger partial charge in [0, 0.05) is 12.6 Å². The number of hydrogen-bond donors (Lipinski definition) is 3. The Labute approximate surface area is 140 Å². The third-order valence-corrected chi connectivity index (χ3v) is 3.61. The number of hydrazine groups is 1. The topological polar surface area (TPSA) is 71.0 Å². The molecule has 0 aliphatic heterocycles. The van der Waals surface area contributed by atoms with Crippen LogP contribution in [0.3, 0.4) is 0 Å². The first-order valence-corrected chi connectivity index (χ1v) is 7.62. The zero-order valence-corrected chi connectivity index (χ0v) is 13.6. The highest BCUT2D eigenvalue weighted by Crippen LogP contribution is 2.30. The lowest BCUT2D eigenvalue weighted by molar-refractivity contribution is 0.253. The SMILES string of the molecule is Cc1nn(C)c(NC(=O)NNc2ccccc2)c1-c1ccccc1. The summed E-state index contributed by atoms with van der Waals surface area (Å²) in [6, 6.07) is 18.9. The fraction of sp³-hybridized carbons (Fsp3) is 0.111. The molecule has 6 heteroatoms. The van der Waals surface area contributed by atoms with Gasteiger partial charge in [-0.15, -0.1) is 0 Å². The van der Waals surface area contributed by atoms with Crippen molar-refractivity contribution in [1.82, 2.24) is 15.2 Å². The molecule has 0 radical (unpaired) electrons. The van der Waals surface area contributed by atoms with E-state index in [9.17, 15) is 4.79 Å². The molecule has 2 amide bonds. The lowest BCUT2D eigenvalue weighted by Crippen LogP contribution is -2.34. The molecule has 3 aromatic rings. The number of aryl methyl sites for hydroxylation is 2. The van der Waals surface area contributed by atoms with Crippen LogP contribution in [-0.4, -0.2) is 15.8 Å². The quantitative estimate of drug-likeness (QED) is 0.644. The van der Waals surface area contributed by atoms with Crippen molar-refractivity contribution >= 4 is 17.5 Å². The maximum Gasteiger partial charge on any atom is 0.339 e. The molecule has 122 valence electrons. The van der Waals surface area contributed by atoms with Gasteiger partial charge in [0.05, 0.1) is 11.4 Å². The van der Waals surface area contributed by atoms with Crippen molar-refractivity contribution in [2.45, 2.75) is 6.92 Å². The van der Waals surface area contributed by atoms with E-state index < -0.39 is 0 Å². The van der Waals surface area contributed by atoms with Crippen LogP contribution in [0, 0.1) is 6.92 Å². The third-order valence-electron chi connectivity index (χ3n) is 3.61. The van der Waals surface area contributed by atoms with Gasteiger partial charge in [-0.3, -0.25) is 20.9 Å². The second-order valence-electron chi connectivity index (χ2n) is 5.37. The zero-order valence-electron chi connectivity index (χ0n) is 13.6. The van der Waals surface area contributed by atoms with Gasteiger partial charge in [0.25, 0.3) is 0 Å². The molecule has 1 aromatic heterocycles. The summed E-state index contributed by atoms with van der Waals surface area (Å²) in [5, 5.41) is 7.27. The molecule has 24 heavy (non-hydrogen) atoms. The Morgan fingerprint density at radius 2 is 1.62 bits per heavy atom. The van der Waals surface area contributed by atoms with E-state index in [4.69, 9.17) is 0 Å². The fourth-order valence-corrected chi connectivity index (χ4v) is 2.54. The van der Waals surface area contributed by atoms with Crippen LogP contribution in [0.15, 0.2) is 60.7 Å². The van der Waals surface area contributed by atoms with Crippen molar-refractivity contribution in [2.75, 3.05) is 10.7 Å². The molecule has 0 saturated carbocycles. The maximum atomic E-state index is 12.2. The summed E-state index contributed by atoms with van der Waals surface area (Å²) in [5.74, 6) is 0.645. The van der Waals surface area contributed by atoms with E-state index in [-0.39, 0.29) is 6.03 Å². The van der Waals surface area contributed by atoms with Gasteiger partial charge < -0.3 is 0 Å². The van der Waals surface area contributed by atoms with Gasteiger partial charge in [-0.2, -0.15) is 5.10 Å². The standard InChI is InChI=1S/C18H19N5O/c1-13-16(14-9-5-3-6-10-14)17(23(2)22-13)19-18(24)21-20-15-11-7-4-8-12-15/h3-12,20H,1-2H3,(H2,19,21,24).